The second kappa shape index (κ2) is 5.31. The Balaban J connectivity index is 1.72. The zero-order valence-electron chi connectivity index (χ0n) is 10.3. The Morgan fingerprint density at radius 3 is 2.47 bits per heavy atom. The van der Waals surface area contributed by atoms with E-state index in [1.807, 2.05) is 0 Å². The van der Waals surface area contributed by atoms with Crippen molar-refractivity contribution in [3.8, 4) is 0 Å². The van der Waals surface area contributed by atoms with E-state index in [0.29, 0.717) is 0 Å². The SMILES string of the molecule is CCC1CCN(CC2NCCC2C)CC1. The summed E-state index contributed by atoms with van der Waals surface area (Å²) in [5.74, 6) is 1.89. The van der Waals surface area contributed by atoms with Crippen LogP contribution in [0.5, 0.6) is 0 Å². The Morgan fingerprint density at radius 1 is 1.20 bits per heavy atom. The highest BCUT2D eigenvalue weighted by Gasteiger charge is 2.26. The molecule has 2 unspecified atom stereocenters. The lowest BCUT2D eigenvalue weighted by Crippen LogP contribution is -2.43. The molecule has 0 aromatic carbocycles. The largest absolute Gasteiger partial charge is 0.312 e. The second-order valence-corrected chi connectivity index (χ2v) is 5.48. The molecule has 0 amide bonds. The first-order valence-electron chi connectivity index (χ1n) is 6.75. The van der Waals surface area contributed by atoms with Gasteiger partial charge in [0.15, 0.2) is 0 Å². The van der Waals surface area contributed by atoms with E-state index in [1.165, 1.54) is 51.9 Å². The first kappa shape index (κ1) is 11.4. The molecule has 2 aliphatic heterocycles. The van der Waals surface area contributed by atoms with Crippen molar-refractivity contribution in [3.05, 3.63) is 0 Å². The number of nitrogens with one attached hydrogen (secondary N) is 1. The van der Waals surface area contributed by atoms with Gasteiger partial charge in [-0.15, -0.1) is 0 Å². The van der Waals surface area contributed by atoms with Gasteiger partial charge in [-0.2, -0.15) is 0 Å². The van der Waals surface area contributed by atoms with Crippen molar-refractivity contribution in [2.45, 2.75) is 45.6 Å². The normalized spacial score (nSPS) is 34.8. The molecule has 2 fully saturated rings. The van der Waals surface area contributed by atoms with Gasteiger partial charge in [0.2, 0.25) is 0 Å². The first-order valence-corrected chi connectivity index (χ1v) is 6.75. The fraction of sp³-hybridized carbons (Fsp3) is 1.00. The molecule has 0 spiro atoms. The number of piperidine rings is 1. The Hall–Kier alpha value is -0.0800. The maximum Gasteiger partial charge on any atom is 0.0221 e. The van der Waals surface area contributed by atoms with E-state index in [4.69, 9.17) is 0 Å². The maximum absolute atomic E-state index is 3.64. The zero-order chi connectivity index (χ0) is 10.7. The summed E-state index contributed by atoms with van der Waals surface area (Å²) in [6.45, 7) is 9.92. The van der Waals surface area contributed by atoms with E-state index in [9.17, 15) is 0 Å². The van der Waals surface area contributed by atoms with Gasteiger partial charge in [-0.1, -0.05) is 20.3 Å². The topological polar surface area (TPSA) is 15.3 Å². The summed E-state index contributed by atoms with van der Waals surface area (Å²) in [5.41, 5.74) is 0. The molecule has 15 heavy (non-hydrogen) atoms. The molecule has 2 saturated heterocycles. The minimum absolute atomic E-state index is 0.767. The Morgan fingerprint density at radius 2 is 1.93 bits per heavy atom. The monoisotopic (exact) mass is 210 g/mol. The van der Waals surface area contributed by atoms with Gasteiger partial charge in [0.25, 0.3) is 0 Å². The summed E-state index contributed by atoms with van der Waals surface area (Å²) in [7, 11) is 0. The van der Waals surface area contributed by atoms with E-state index < -0.39 is 0 Å². The van der Waals surface area contributed by atoms with Crippen LogP contribution in [0.4, 0.5) is 0 Å². The van der Waals surface area contributed by atoms with Gasteiger partial charge >= 0.3 is 0 Å². The number of nitrogens with zero attached hydrogens (tertiary/aromatic N) is 1. The standard InChI is InChI=1S/C13H26N2/c1-3-12-5-8-15(9-6-12)10-13-11(2)4-7-14-13/h11-14H,3-10H2,1-2H3. The van der Waals surface area contributed by atoms with Crippen LogP contribution in [0.2, 0.25) is 0 Å². The number of rotatable bonds is 3. The lowest BCUT2D eigenvalue weighted by molar-refractivity contribution is 0.162. The van der Waals surface area contributed by atoms with Crippen LogP contribution in [0.25, 0.3) is 0 Å². The number of hydrogen-bond acceptors (Lipinski definition) is 2. The number of likely N-dealkylation sites (tertiary alicyclic amines) is 1. The quantitative estimate of drug-likeness (QED) is 0.767. The van der Waals surface area contributed by atoms with Crippen LogP contribution in [0.15, 0.2) is 0 Å². The van der Waals surface area contributed by atoms with Gasteiger partial charge in [-0.3, -0.25) is 0 Å². The van der Waals surface area contributed by atoms with Gasteiger partial charge in [-0.25, -0.2) is 0 Å². The van der Waals surface area contributed by atoms with E-state index in [1.54, 1.807) is 0 Å². The predicted molar refractivity (Wildman–Crippen MR) is 65.0 cm³/mol. The van der Waals surface area contributed by atoms with Crippen LogP contribution < -0.4 is 5.32 Å². The Kier molecular flexibility index (Phi) is 4.04. The zero-order valence-corrected chi connectivity index (χ0v) is 10.3. The molecular weight excluding hydrogens is 184 g/mol. The van der Waals surface area contributed by atoms with E-state index >= 15 is 0 Å². The fourth-order valence-corrected chi connectivity index (χ4v) is 3.00. The predicted octanol–water partition coefficient (Wildman–Crippen LogP) is 2.11. The first-order chi connectivity index (χ1) is 7.29. The minimum Gasteiger partial charge on any atom is -0.312 e. The van der Waals surface area contributed by atoms with Gasteiger partial charge in [0, 0.05) is 12.6 Å². The van der Waals surface area contributed by atoms with Crippen molar-refractivity contribution < 1.29 is 0 Å². The van der Waals surface area contributed by atoms with Gasteiger partial charge in [0.1, 0.15) is 0 Å². The van der Waals surface area contributed by atoms with Crippen LogP contribution in [-0.4, -0.2) is 37.1 Å². The average Bonchev–Trinajstić information content (AvgIpc) is 2.66. The van der Waals surface area contributed by atoms with Crippen molar-refractivity contribution in [2.24, 2.45) is 11.8 Å². The highest BCUT2D eigenvalue weighted by molar-refractivity contribution is 4.85. The van der Waals surface area contributed by atoms with Crippen molar-refractivity contribution in [1.29, 1.82) is 0 Å². The second-order valence-electron chi connectivity index (χ2n) is 5.48. The Bertz CT molecular complexity index is 185. The summed E-state index contributed by atoms with van der Waals surface area (Å²) >= 11 is 0. The smallest absolute Gasteiger partial charge is 0.0221 e. The van der Waals surface area contributed by atoms with Crippen LogP contribution in [-0.2, 0) is 0 Å². The van der Waals surface area contributed by atoms with Gasteiger partial charge in [-0.05, 0) is 50.7 Å². The molecule has 0 aromatic heterocycles. The molecule has 2 heteroatoms. The average molecular weight is 210 g/mol. The van der Waals surface area contributed by atoms with Gasteiger partial charge < -0.3 is 10.2 Å². The van der Waals surface area contributed by atoms with Crippen LogP contribution in [0.1, 0.15) is 39.5 Å². The molecular formula is C13H26N2. The summed E-state index contributed by atoms with van der Waals surface area (Å²) in [5, 5.41) is 3.64. The third kappa shape index (κ3) is 2.94. The molecule has 0 bridgehead atoms. The fourth-order valence-electron chi connectivity index (χ4n) is 3.00. The van der Waals surface area contributed by atoms with Crippen LogP contribution in [0, 0.1) is 11.8 Å². The molecule has 88 valence electrons. The van der Waals surface area contributed by atoms with Crippen LogP contribution in [0.3, 0.4) is 0 Å². The van der Waals surface area contributed by atoms with Crippen molar-refractivity contribution in [3.63, 3.8) is 0 Å². The molecule has 1 N–H and O–H groups in total. The lowest BCUT2D eigenvalue weighted by atomic mass is 9.93. The molecule has 2 heterocycles. The minimum atomic E-state index is 0.767. The molecule has 2 nitrogen and oxygen atoms in total. The molecule has 0 saturated carbocycles. The van der Waals surface area contributed by atoms with Gasteiger partial charge in [0.05, 0.1) is 0 Å². The lowest BCUT2D eigenvalue weighted by Gasteiger charge is -2.34. The highest BCUT2D eigenvalue weighted by Crippen LogP contribution is 2.22. The summed E-state index contributed by atoms with van der Waals surface area (Å²) in [6, 6.07) is 0.767. The van der Waals surface area contributed by atoms with E-state index in [0.717, 1.165) is 17.9 Å². The third-order valence-corrected chi connectivity index (χ3v) is 4.43. The molecule has 2 aliphatic rings. The van der Waals surface area contributed by atoms with Crippen molar-refractivity contribution in [2.75, 3.05) is 26.2 Å². The summed E-state index contributed by atoms with van der Waals surface area (Å²) in [4.78, 5) is 2.67. The van der Waals surface area contributed by atoms with Crippen LogP contribution >= 0.6 is 0 Å². The summed E-state index contributed by atoms with van der Waals surface area (Å²) < 4.78 is 0. The Labute approximate surface area is 94.4 Å². The molecule has 2 rings (SSSR count). The van der Waals surface area contributed by atoms with E-state index in [2.05, 4.69) is 24.1 Å². The third-order valence-electron chi connectivity index (χ3n) is 4.43. The number of hydrogen-bond donors (Lipinski definition) is 1. The molecule has 0 radical (unpaired) electrons. The van der Waals surface area contributed by atoms with E-state index in [-0.39, 0.29) is 0 Å². The molecule has 0 aliphatic carbocycles. The molecule has 2 atom stereocenters. The highest BCUT2D eigenvalue weighted by atomic mass is 15.2. The summed E-state index contributed by atoms with van der Waals surface area (Å²) in [6.07, 6.45) is 5.61. The van der Waals surface area contributed by atoms with Crippen molar-refractivity contribution in [1.82, 2.24) is 10.2 Å². The van der Waals surface area contributed by atoms with Crippen molar-refractivity contribution >= 4 is 0 Å². The maximum atomic E-state index is 3.64. The molecule has 0 aromatic rings.